The van der Waals surface area contributed by atoms with Crippen molar-refractivity contribution in [2.24, 2.45) is 5.73 Å². The predicted molar refractivity (Wildman–Crippen MR) is 142 cm³/mol. The van der Waals surface area contributed by atoms with Gasteiger partial charge in [-0.05, 0) is 41.5 Å². The summed E-state index contributed by atoms with van der Waals surface area (Å²) in [6.07, 6.45) is 0.638. The average Bonchev–Trinajstić information content (AvgIpc) is 3.25. The van der Waals surface area contributed by atoms with Gasteiger partial charge in [0.05, 0.1) is 13.1 Å². The Hall–Kier alpha value is -4.45. The van der Waals surface area contributed by atoms with Crippen LogP contribution in [0.4, 0.5) is 4.79 Å². The number of fused-ring (bicyclic) bond motifs is 3. The van der Waals surface area contributed by atoms with Crippen LogP contribution < -0.4 is 27.0 Å². The Labute approximate surface area is 225 Å². The summed E-state index contributed by atoms with van der Waals surface area (Å²) in [7, 11) is 0. The molecule has 12 nitrogen and oxygen atoms in total. The van der Waals surface area contributed by atoms with Crippen molar-refractivity contribution in [2.75, 3.05) is 32.8 Å². The van der Waals surface area contributed by atoms with Gasteiger partial charge in [-0.2, -0.15) is 0 Å². The first-order chi connectivity index (χ1) is 18.8. The molecule has 12 heteroatoms. The van der Waals surface area contributed by atoms with E-state index in [4.69, 9.17) is 15.6 Å². The molecule has 0 saturated carbocycles. The summed E-state index contributed by atoms with van der Waals surface area (Å²) in [6, 6.07) is 15.0. The molecule has 2 aromatic rings. The minimum atomic E-state index is -1.07. The third-order valence-corrected chi connectivity index (χ3v) is 6.21. The van der Waals surface area contributed by atoms with Crippen LogP contribution in [0.5, 0.6) is 0 Å². The van der Waals surface area contributed by atoms with Crippen molar-refractivity contribution in [3.63, 3.8) is 0 Å². The standard InChI is InChI=1S/C27H33N5O7/c28-22(26(36)37)11-5-6-12-29-23(33)13-30-24(34)14-31-25(35)15-32-27(38)39-16-21-19-9-3-1-7-17(19)18-8-2-4-10-20(18)21/h1-4,7-10,21-22H,5-6,11-16,28H2,(H,29,33)(H,30,34)(H,31,35)(H,32,38)(H,36,37)/t22-/m0/s1. The molecular weight excluding hydrogens is 506 g/mol. The summed E-state index contributed by atoms with van der Waals surface area (Å²) in [5, 5.41) is 18.4. The van der Waals surface area contributed by atoms with Gasteiger partial charge in [0.25, 0.3) is 0 Å². The van der Waals surface area contributed by atoms with E-state index in [-0.39, 0.29) is 32.2 Å². The number of nitrogens with one attached hydrogen (secondary N) is 4. The van der Waals surface area contributed by atoms with Crippen molar-refractivity contribution in [1.29, 1.82) is 0 Å². The lowest BCUT2D eigenvalue weighted by Gasteiger charge is -2.14. The van der Waals surface area contributed by atoms with E-state index in [1.165, 1.54) is 0 Å². The lowest BCUT2D eigenvalue weighted by atomic mass is 9.98. The Balaban J connectivity index is 1.27. The van der Waals surface area contributed by atoms with Crippen molar-refractivity contribution in [3.05, 3.63) is 59.7 Å². The molecule has 0 aliphatic heterocycles. The highest BCUT2D eigenvalue weighted by Gasteiger charge is 2.29. The van der Waals surface area contributed by atoms with E-state index in [1.807, 2.05) is 48.5 Å². The second-order valence-corrected chi connectivity index (χ2v) is 9.02. The van der Waals surface area contributed by atoms with E-state index in [0.717, 1.165) is 22.3 Å². The Kier molecular flexibility index (Phi) is 10.8. The summed E-state index contributed by atoms with van der Waals surface area (Å²) >= 11 is 0. The molecule has 7 N–H and O–H groups in total. The number of rotatable bonds is 14. The number of carbonyl (C=O) groups excluding carboxylic acids is 4. The Morgan fingerprint density at radius 3 is 1.85 bits per heavy atom. The number of nitrogens with two attached hydrogens (primary N) is 1. The third kappa shape index (κ3) is 8.82. The number of hydrogen-bond donors (Lipinski definition) is 6. The van der Waals surface area contributed by atoms with Crippen molar-refractivity contribution >= 4 is 29.8 Å². The van der Waals surface area contributed by atoms with E-state index in [0.29, 0.717) is 25.8 Å². The highest BCUT2D eigenvalue weighted by atomic mass is 16.5. The molecule has 1 aliphatic carbocycles. The minimum absolute atomic E-state index is 0.104. The second-order valence-electron chi connectivity index (χ2n) is 9.02. The molecule has 2 aromatic carbocycles. The van der Waals surface area contributed by atoms with Gasteiger partial charge in [-0.15, -0.1) is 0 Å². The third-order valence-electron chi connectivity index (χ3n) is 6.21. The van der Waals surface area contributed by atoms with Gasteiger partial charge in [-0.1, -0.05) is 48.5 Å². The number of aliphatic carboxylic acids is 1. The molecule has 39 heavy (non-hydrogen) atoms. The molecule has 0 saturated heterocycles. The van der Waals surface area contributed by atoms with Gasteiger partial charge in [-0.25, -0.2) is 4.79 Å². The number of carbonyl (C=O) groups is 5. The topological polar surface area (TPSA) is 189 Å². The molecule has 4 amide bonds. The highest BCUT2D eigenvalue weighted by molar-refractivity contribution is 5.89. The zero-order chi connectivity index (χ0) is 28.2. The van der Waals surface area contributed by atoms with Crippen LogP contribution in [-0.4, -0.2) is 73.7 Å². The fourth-order valence-electron chi connectivity index (χ4n) is 4.19. The highest BCUT2D eigenvalue weighted by Crippen LogP contribution is 2.44. The van der Waals surface area contributed by atoms with Gasteiger partial charge in [0, 0.05) is 12.5 Å². The molecule has 0 heterocycles. The molecule has 0 fully saturated rings. The molecule has 1 atom stereocenters. The number of carboxylic acids is 1. The average molecular weight is 540 g/mol. The first kappa shape index (κ1) is 29.1. The molecular formula is C27H33N5O7. The molecule has 0 unspecified atom stereocenters. The monoisotopic (exact) mass is 539 g/mol. The summed E-state index contributed by atoms with van der Waals surface area (Å²) in [6.45, 7) is -0.593. The number of alkyl carbamates (subject to hydrolysis) is 1. The van der Waals surface area contributed by atoms with Gasteiger partial charge >= 0.3 is 12.1 Å². The summed E-state index contributed by atoms with van der Waals surface area (Å²) < 4.78 is 5.36. The van der Waals surface area contributed by atoms with Gasteiger partial charge < -0.3 is 36.8 Å². The van der Waals surface area contributed by atoms with Gasteiger partial charge in [0.2, 0.25) is 17.7 Å². The Bertz CT molecular complexity index is 1160. The van der Waals surface area contributed by atoms with Crippen LogP contribution in [0.15, 0.2) is 48.5 Å². The van der Waals surface area contributed by atoms with Crippen LogP contribution >= 0.6 is 0 Å². The van der Waals surface area contributed by atoms with E-state index >= 15 is 0 Å². The van der Waals surface area contributed by atoms with Crippen LogP contribution in [0.25, 0.3) is 11.1 Å². The van der Waals surface area contributed by atoms with Crippen molar-refractivity contribution in [2.45, 2.75) is 31.2 Å². The maximum Gasteiger partial charge on any atom is 0.407 e. The lowest BCUT2D eigenvalue weighted by molar-refractivity contribution is -0.138. The number of unbranched alkanes of at least 4 members (excludes halogenated alkanes) is 1. The maximum atomic E-state index is 12.2. The van der Waals surface area contributed by atoms with Crippen LogP contribution in [0, 0.1) is 0 Å². The van der Waals surface area contributed by atoms with Gasteiger partial charge in [-0.3, -0.25) is 19.2 Å². The predicted octanol–water partition coefficient (Wildman–Crippen LogP) is 0.456. The SMILES string of the molecule is N[C@@H](CCCCNC(=O)CNC(=O)CNC(=O)CNC(=O)OCC1c2ccccc2-c2ccccc21)C(=O)O. The van der Waals surface area contributed by atoms with Crippen molar-refractivity contribution < 1.29 is 33.8 Å². The normalized spacial score (nSPS) is 12.4. The molecule has 0 spiro atoms. The van der Waals surface area contributed by atoms with E-state index in [1.54, 1.807) is 0 Å². The summed E-state index contributed by atoms with van der Waals surface area (Å²) in [5.41, 5.74) is 9.76. The molecule has 1 aliphatic rings. The number of amides is 4. The van der Waals surface area contributed by atoms with Crippen LogP contribution in [0.3, 0.4) is 0 Å². The number of benzene rings is 2. The number of ether oxygens (including phenoxy) is 1. The van der Waals surface area contributed by atoms with Crippen LogP contribution in [-0.2, 0) is 23.9 Å². The Morgan fingerprint density at radius 1 is 0.769 bits per heavy atom. The molecule has 3 rings (SSSR count). The first-order valence-corrected chi connectivity index (χ1v) is 12.6. The number of carboxylic acid groups (broad SMARTS) is 1. The fraction of sp³-hybridized carbons (Fsp3) is 0.370. The first-order valence-electron chi connectivity index (χ1n) is 12.6. The minimum Gasteiger partial charge on any atom is -0.480 e. The van der Waals surface area contributed by atoms with Crippen LogP contribution in [0.2, 0.25) is 0 Å². The summed E-state index contributed by atoms with van der Waals surface area (Å²) in [4.78, 5) is 58.4. The van der Waals surface area contributed by atoms with E-state index in [2.05, 4.69) is 21.3 Å². The van der Waals surface area contributed by atoms with Crippen molar-refractivity contribution in [1.82, 2.24) is 21.3 Å². The van der Waals surface area contributed by atoms with Crippen molar-refractivity contribution in [3.8, 4) is 11.1 Å². The molecule has 0 bridgehead atoms. The van der Waals surface area contributed by atoms with E-state index < -0.39 is 35.8 Å². The zero-order valence-electron chi connectivity index (χ0n) is 21.4. The Morgan fingerprint density at radius 2 is 1.28 bits per heavy atom. The zero-order valence-corrected chi connectivity index (χ0v) is 21.4. The molecule has 208 valence electrons. The second kappa shape index (κ2) is 14.5. The smallest absolute Gasteiger partial charge is 0.407 e. The summed E-state index contributed by atoms with van der Waals surface area (Å²) in [5.74, 6) is -2.76. The molecule has 0 aromatic heterocycles. The van der Waals surface area contributed by atoms with E-state index in [9.17, 15) is 24.0 Å². The van der Waals surface area contributed by atoms with Gasteiger partial charge in [0.15, 0.2) is 0 Å². The van der Waals surface area contributed by atoms with Crippen LogP contribution in [0.1, 0.15) is 36.3 Å². The number of hydrogen-bond acceptors (Lipinski definition) is 7. The largest absolute Gasteiger partial charge is 0.480 e. The fourth-order valence-corrected chi connectivity index (χ4v) is 4.19. The van der Waals surface area contributed by atoms with Gasteiger partial charge in [0.1, 0.15) is 19.2 Å². The quantitative estimate of drug-likeness (QED) is 0.187. The maximum absolute atomic E-state index is 12.2. The molecule has 0 radical (unpaired) electrons. The lowest BCUT2D eigenvalue weighted by Crippen LogP contribution is -2.44.